The smallest absolute Gasteiger partial charge is 0.121 e. The predicted molar refractivity (Wildman–Crippen MR) is 70.7 cm³/mol. The third-order valence-corrected chi connectivity index (χ3v) is 2.76. The van der Waals surface area contributed by atoms with Crippen LogP contribution in [0.5, 0.6) is 0 Å². The highest BCUT2D eigenvalue weighted by Gasteiger charge is 2.07. The Labute approximate surface area is 102 Å². The van der Waals surface area contributed by atoms with Crippen molar-refractivity contribution in [2.75, 3.05) is 0 Å². The fourth-order valence-electron chi connectivity index (χ4n) is 1.54. The van der Waals surface area contributed by atoms with Crippen molar-refractivity contribution in [3.05, 3.63) is 52.8 Å². The number of allylic oxidation sites excluding steroid dienone is 2. The second-order valence-electron chi connectivity index (χ2n) is 3.86. The molecule has 16 heavy (non-hydrogen) atoms. The lowest BCUT2D eigenvalue weighted by Crippen LogP contribution is -1.92. The first-order chi connectivity index (χ1) is 7.56. The minimum absolute atomic E-state index is 0.296. The maximum absolute atomic E-state index is 9.99. The van der Waals surface area contributed by atoms with Crippen LogP contribution in [-0.4, -0.2) is 5.11 Å². The van der Waals surface area contributed by atoms with E-state index in [1.165, 1.54) is 0 Å². The van der Waals surface area contributed by atoms with Crippen molar-refractivity contribution in [1.29, 1.82) is 0 Å². The second-order valence-corrected chi connectivity index (χ2v) is 4.30. The van der Waals surface area contributed by atoms with Gasteiger partial charge in [-0.25, -0.2) is 0 Å². The summed E-state index contributed by atoms with van der Waals surface area (Å²) in [5.41, 5.74) is 2.53. The average molecular weight is 237 g/mol. The van der Waals surface area contributed by atoms with Crippen LogP contribution in [-0.2, 0) is 0 Å². The maximum atomic E-state index is 9.99. The summed E-state index contributed by atoms with van der Waals surface area (Å²) in [5.74, 6) is 0.296. The first kappa shape index (κ1) is 12.9. The molecule has 1 nitrogen and oxygen atoms in total. The van der Waals surface area contributed by atoms with E-state index >= 15 is 0 Å². The Kier molecular flexibility index (Phi) is 4.63. The van der Waals surface area contributed by atoms with Crippen molar-refractivity contribution < 1.29 is 5.11 Å². The first-order valence-corrected chi connectivity index (χ1v) is 5.78. The molecule has 0 radical (unpaired) electrons. The van der Waals surface area contributed by atoms with Crippen LogP contribution in [0.25, 0.3) is 5.57 Å². The summed E-state index contributed by atoms with van der Waals surface area (Å²) in [6, 6.07) is 7.31. The van der Waals surface area contributed by atoms with Crippen molar-refractivity contribution >= 4 is 17.2 Å². The number of benzene rings is 1. The molecule has 0 saturated heterocycles. The van der Waals surface area contributed by atoms with Crippen LogP contribution >= 0.6 is 11.6 Å². The number of aliphatic hydroxyl groups is 1. The average Bonchev–Trinajstić information content (AvgIpc) is 2.28. The van der Waals surface area contributed by atoms with E-state index in [-0.39, 0.29) is 0 Å². The molecule has 0 amide bonds. The van der Waals surface area contributed by atoms with Gasteiger partial charge < -0.3 is 5.11 Å². The molecule has 0 bridgehead atoms. The van der Waals surface area contributed by atoms with E-state index in [4.69, 9.17) is 11.6 Å². The molecule has 0 spiro atoms. The van der Waals surface area contributed by atoms with Crippen LogP contribution in [0.15, 0.2) is 42.2 Å². The molecule has 0 aliphatic carbocycles. The first-order valence-electron chi connectivity index (χ1n) is 5.40. The summed E-state index contributed by atoms with van der Waals surface area (Å²) in [6.07, 6.45) is 1.90. The van der Waals surface area contributed by atoms with Gasteiger partial charge in [0.25, 0.3) is 0 Å². The summed E-state index contributed by atoms with van der Waals surface area (Å²) in [5, 5.41) is 10.7. The Balaban J connectivity index is 2.94. The third-order valence-electron chi connectivity index (χ3n) is 2.51. The lowest BCUT2D eigenvalue weighted by molar-refractivity contribution is 0.428. The van der Waals surface area contributed by atoms with Gasteiger partial charge in [-0.3, -0.25) is 0 Å². The number of rotatable bonds is 4. The van der Waals surface area contributed by atoms with Crippen molar-refractivity contribution in [3.8, 4) is 0 Å². The molecule has 86 valence electrons. The summed E-state index contributed by atoms with van der Waals surface area (Å²) >= 11 is 5.80. The molecular weight excluding hydrogens is 220 g/mol. The van der Waals surface area contributed by atoms with E-state index < -0.39 is 0 Å². The Morgan fingerprint density at radius 2 is 1.88 bits per heavy atom. The lowest BCUT2D eigenvalue weighted by atomic mass is 10.0. The Morgan fingerprint density at radius 3 is 2.38 bits per heavy atom. The van der Waals surface area contributed by atoms with E-state index in [1.54, 1.807) is 12.1 Å². The highest BCUT2D eigenvalue weighted by atomic mass is 35.5. The molecule has 1 rings (SSSR count). The molecule has 0 atom stereocenters. The zero-order valence-electron chi connectivity index (χ0n) is 9.76. The molecule has 0 aromatic heterocycles. The molecule has 1 aromatic carbocycles. The highest BCUT2D eigenvalue weighted by molar-refractivity contribution is 6.30. The quantitative estimate of drug-likeness (QED) is 0.577. The molecule has 0 saturated carbocycles. The van der Waals surface area contributed by atoms with Crippen LogP contribution in [0.2, 0.25) is 5.02 Å². The maximum Gasteiger partial charge on any atom is 0.121 e. The number of hydrogen-bond acceptors (Lipinski definition) is 1. The van der Waals surface area contributed by atoms with Crippen LogP contribution in [0, 0.1) is 0 Å². The van der Waals surface area contributed by atoms with Gasteiger partial charge in [-0.2, -0.15) is 0 Å². The van der Waals surface area contributed by atoms with E-state index in [1.807, 2.05) is 19.1 Å². The molecule has 0 aliphatic heterocycles. The molecule has 0 fully saturated rings. The molecule has 1 aromatic rings. The van der Waals surface area contributed by atoms with Crippen LogP contribution in [0.3, 0.4) is 0 Å². The van der Waals surface area contributed by atoms with Crippen molar-refractivity contribution in [1.82, 2.24) is 0 Å². The lowest BCUT2D eigenvalue weighted by Gasteiger charge is -2.09. The van der Waals surface area contributed by atoms with Crippen LogP contribution in [0.1, 0.15) is 32.3 Å². The SMILES string of the molecule is C=C(/C(O)=C(/C)CCC)c1ccc(Cl)cc1. The molecule has 0 aliphatic rings. The number of hydrogen-bond donors (Lipinski definition) is 1. The standard InChI is InChI=1S/C14H17ClO/c1-4-5-10(2)14(16)11(3)12-6-8-13(15)9-7-12/h6-9,16H,3-5H2,1-2H3/b14-10+. The summed E-state index contributed by atoms with van der Waals surface area (Å²) in [4.78, 5) is 0. The summed E-state index contributed by atoms with van der Waals surface area (Å²) in [6.45, 7) is 7.92. The summed E-state index contributed by atoms with van der Waals surface area (Å²) in [7, 11) is 0. The van der Waals surface area contributed by atoms with Gasteiger partial charge in [-0.05, 0) is 36.6 Å². The topological polar surface area (TPSA) is 20.2 Å². The van der Waals surface area contributed by atoms with E-state index in [9.17, 15) is 5.11 Å². The number of aliphatic hydroxyl groups excluding tert-OH is 1. The van der Waals surface area contributed by atoms with Gasteiger partial charge in [-0.1, -0.05) is 43.7 Å². The number of halogens is 1. The van der Waals surface area contributed by atoms with Gasteiger partial charge in [0.1, 0.15) is 5.76 Å². The Morgan fingerprint density at radius 1 is 1.31 bits per heavy atom. The van der Waals surface area contributed by atoms with Gasteiger partial charge in [0.2, 0.25) is 0 Å². The normalized spacial score (nSPS) is 12.2. The van der Waals surface area contributed by atoms with E-state index in [0.717, 1.165) is 24.0 Å². The zero-order valence-corrected chi connectivity index (χ0v) is 10.5. The van der Waals surface area contributed by atoms with Crippen LogP contribution < -0.4 is 0 Å². The third kappa shape index (κ3) is 3.14. The van der Waals surface area contributed by atoms with Crippen molar-refractivity contribution in [3.63, 3.8) is 0 Å². The monoisotopic (exact) mass is 236 g/mol. The van der Waals surface area contributed by atoms with Gasteiger partial charge in [-0.15, -0.1) is 0 Å². The largest absolute Gasteiger partial charge is 0.507 e. The van der Waals surface area contributed by atoms with Gasteiger partial charge >= 0.3 is 0 Å². The minimum Gasteiger partial charge on any atom is -0.507 e. The van der Waals surface area contributed by atoms with Gasteiger partial charge in [0.15, 0.2) is 0 Å². The molecule has 2 heteroatoms. The zero-order chi connectivity index (χ0) is 12.1. The molecule has 1 N–H and O–H groups in total. The predicted octanol–water partition coefficient (Wildman–Crippen LogP) is 4.99. The van der Waals surface area contributed by atoms with Gasteiger partial charge in [0, 0.05) is 10.6 Å². The fraction of sp³-hybridized carbons (Fsp3) is 0.286. The van der Waals surface area contributed by atoms with E-state index in [2.05, 4.69) is 13.5 Å². The Hall–Kier alpha value is -1.21. The van der Waals surface area contributed by atoms with E-state index in [0.29, 0.717) is 16.4 Å². The molecule has 0 heterocycles. The van der Waals surface area contributed by atoms with Crippen LogP contribution in [0.4, 0.5) is 0 Å². The Bertz CT molecular complexity index is 401. The van der Waals surface area contributed by atoms with Crippen molar-refractivity contribution in [2.45, 2.75) is 26.7 Å². The fourth-order valence-corrected chi connectivity index (χ4v) is 1.66. The molecule has 0 unspecified atom stereocenters. The highest BCUT2D eigenvalue weighted by Crippen LogP contribution is 2.24. The second kappa shape index (κ2) is 5.76. The van der Waals surface area contributed by atoms with Crippen molar-refractivity contribution in [2.24, 2.45) is 0 Å². The minimum atomic E-state index is 0.296. The molecular formula is C14H17ClO. The van der Waals surface area contributed by atoms with Gasteiger partial charge in [0.05, 0.1) is 0 Å². The summed E-state index contributed by atoms with van der Waals surface area (Å²) < 4.78 is 0.